The van der Waals surface area contributed by atoms with Gasteiger partial charge in [-0.2, -0.15) is 0 Å². The van der Waals surface area contributed by atoms with Crippen molar-refractivity contribution in [1.82, 2.24) is 5.32 Å². The van der Waals surface area contributed by atoms with Gasteiger partial charge in [0, 0.05) is 12.5 Å². The normalized spacial score (nSPS) is 22.6. The highest BCUT2D eigenvalue weighted by molar-refractivity contribution is 5.77. The van der Waals surface area contributed by atoms with Gasteiger partial charge in [0.15, 0.2) is 0 Å². The molecule has 4 heteroatoms. The number of carboxylic acids is 1. The number of carbonyl (C=O) groups is 2. The molecule has 1 amide bonds. The Balaban J connectivity index is 1.69. The summed E-state index contributed by atoms with van der Waals surface area (Å²) in [4.78, 5) is 22.3. The fourth-order valence-electron chi connectivity index (χ4n) is 2.81. The Kier molecular flexibility index (Phi) is 4.77. The molecule has 1 aromatic rings. The molecule has 108 valence electrons. The summed E-state index contributed by atoms with van der Waals surface area (Å²) in [5.41, 5.74) is 1.35. The van der Waals surface area contributed by atoms with E-state index < -0.39 is 5.97 Å². The number of rotatable bonds is 6. The molecule has 1 aliphatic carbocycles. The molecule has 1 aromatic carbocycles. The first-order valence-electron chi connectivity index (χ1n) is 7.10. The van der Waals surface area contributed by atoms with Gasteiger partial charge in [-0.3, -0.25) is 9.59 Å². The third-order valence-electron chi connectivity index (χ3n) is 3.87. The van der Waals surface area contributed by atoms with Crippen LogP contribution in [-0.4, -0.2) is 23.0 Å². The van der Waals surface area contributed by atoms with E-state index in [0.29, 0.717) is 18.3 Å². The molecule has 1 saturated carbocycles. The Morgan fingerprint density at radius 3 is 2.55 bits per heavy atom. The molecular weight excluding hydrogens is 254 g/mol. The number of hydrogen-bond acceptors (Lipinski definition) is 2. The molecular formula is C16H21NO3. The second-order valence-electron chi connectivity index (χ2n) is 5.72. The number of amides is 1. The highest BCUT2D eigenvalue weighted by Crippen LogP contribution is 2.43. The van der Waals surface area contributed by atoms with Crippen LogP contribution in [0.25, 0.3) is 0 Å². The van der Waals surface area contributed by atoms with Gasteiger partial charge in [-0.25, -0.2) is 0 Å². The molecule has 1 fully saturated rings. The average molecular weight is 275 g/mol. The fourth-order valence-corrected chi connectivity index (χ4v) is 2.81. The van der Waals surface area contributed by atoms with Crippen LogP contribution in [0.5, 0.6) is 0 Å². The van der Waals surface area contributed by atoms with E-state index in [2.05, 4.69) is 17.4 Å². The van der Waals surface area contributed by atoms with Crippen molar-refractivity contribution in [3.05, 3.63) is 35.9 Å². The first-order chi connectivity index (χ1) is 9.54. The number of carboxylic acid groups (broad SMARTS) is 1. The number of aliphatic carboxylic acids is 1. The van der Waals surface area contributed by atoms with Crippen LogP contribution in [0, 0.1) is 5.92 Å². The van der Waals surface area contributed by atoms with Crippen molar-refractivity contribution in [3.8, 4) is 0 Å². The van der Waals surface area contributed by atoms with Crippen LogP contribution in [0.2, 0.25) is 0 Å². The number of hydrogen-bond donors (Lipinski definition) is 2. The van der Waals surface area contributed by atoms with Crippen molar-refractivity contribution in [2.24, 2.45) is 5.92 Å². The molecule has 0 bridgehead atoms. The van der Waals surface area contributed by atoms with Crippen molar-refractivity contribution < 1.29 is 14.7 Å². The predicted octanol–water partition coefficient (Wildman–Crippen LogP) is 2.55. The van der Waals surface area contributed by atoms with Crippen LogP contribution in [0.1, 0.15) is 44.1 Å². The lowest BCUT2D eigenvalue weighted by molar-refractivity contribution is -0.137. The summed E-state index contributed by atoms with van der Waals surface area (Å²) >= 11 is 0. The summed E-state index contributed by atoms with van der Waals surface area (Å²) in [5.74, 6) is 0.0866. The van der Waals surface area contributed by atoms with Crippen LogP contribution in [-0.2, 0) is 9.59 Å². The summed E-state index contributed by atoms with van der Waals surface area (Å²) in [6.07, 6.45) is 2.58. The van der Waals surface area contributed by atoms with Crippen LogP contribution < -0.4 is 5.32 Å². The topological polar surface area (TPSA) is 66.4 Å². The molecule has 0 saturated heterocycles. The van der Waals surface area contributed by atoms with Crippen LogP contribution in [0.15, 0.2) is 30.3 Å². The third kappa shape index (κ3) is 4.08. The molecule has 4 nitrogen and oxygen atoms in total. The summed E-state index contributed by atoms with van der Waals surface area (Å²) in [7, 11) is 0. The number of nitrogens with one attached hydrogen (secondary N) is 1. The van der Waals surface area contributed by atoms with Crippen LogP contribution >= 0.6 is 0 Å². The number of benzene rings is 1. The smallest absolute Gasteiger partial charge is 0.305 e. The molecule has 0 aromatic heterocycles. The molecule has 1 atom stereocenters. The predicted molar refractivity (Wildman–Crippen MR) is 76.4 cm³/mol. The molecule has 0 aliphatic heterocycles. The SMILES string of the molecule is CC(CC(=O)O)NC(=O)CC1CC(c2ccccc2)C1. The van der Waals surface area contributed by atoms with Crippen molar-refractivity contribution in [1.29, 1.82) is 0 Å². The monoisotopic (exact) mass is 275 g/mol. The zero-order valence-corrected chi connectivity index (χ0v) is 11.7. The van der Waals surface area contributed by atoms with Gasteiger partial charge in [0.25, 0.3) is 0 Å². The highest BCUT2D eigenvalue weighted by Gasteiger charge is 2.31. The summed E-state index contributed by atoms with van der Waals surface area (Å²) in [6, 6.07) is 10.1. The van der Waals surface area contributed by atoms with Gasteiger partial charge in [0.05, 0.1) is 6.42 Å². The average Bonchev–Trinajstić information content (AvgIpc) is 2.33. The maximum Gasteiger partial charge on any atom is 0.305 e. The van der Waals surface area contributed by atoms with Crippen molar-refractivity contribution >= 4 is 11.9 Å². The molecule has 0 spiro atoms. The quantitative estimate of drug-likeness (QED) is 0.838. The molecule has 20 heavy (non-hydrogen) atoms. The lowest BCUT2D eigenvalue weighted by atomic mass is 9.70. The first-order valence-corrected chi connectivity index (χ1v) is 7.10. The molecule has 1 aliphatic rings. The Labute approximate surface area is 119 Å². The first kappa shape index (κ1) is 14.6. The van der Waals surface area contributed by atoms with E-state index in [1.807, 2.05) is 18.2 Å². The van der Waals surface area contributed by atoms with Gasteiger partial charge >= 0.3 is 5.97 Å². The van der Waals surface area contributed by atoms with Crippen LogP contribution in [0.4, 0.5) is 0 Å². The molecule has 2 N–H and O–H groups in total. The van der Waals surface area contributed by atoms with Gasteiger partial charge in [-0.1, -0.05) is 30.3 Å². The maximum atomic E-state index is 11.8. The highest BCUT2D eigenvalue weighted by atomic mass is 16.4. The molecule has 2 rings (SSSR count). The van der Waals surface area contributed by atoms with E-state index in [-0.39, 0.29) is 18.4 Å². The molecule has 0 heterocycles. The Morgan fingerprint density at radius 2 is 1.95 bits per heavy atom. The van der Waals surface area contributed by atoms with Gasteiger partial charge in [0.1, 0.15) is 0 Å². The summed E-state index contributed by atoms with van der Waals surface area (Å²) in [5, 5.41) is 11.4. The van der Waals surface area contributed by atoms with Gasteiger partial charge in [-0.05, 0) is 37.2 Å². The molecule has 1 unspecified atom stereocenters. The maximum absolute atomic E-state index is 11.8. The van der Waals surface area contributed by atoms with Crippen molar-refractivity contribution in [2.45, 2.75) is 44.6 Å². The third-order valence-corrected chi connectivity index (χ3v) is 3.87. The van der Waals surface area contributed by atoms with E-state index in [4.69, 9.17) is 5.11 Å². The van der Waals surface area contributed by atoms with Crippen LogP contribution in [0.3, 0.4) is 0 Å². The second-order valence-corrected chi connectivity index (χ2v) is 5.72. The minimum absolute atomic E-state index is 0.0248. The zero-order valence-electron chi connectivity index (χ0n) is 11.7. The Hall–Kier alpha value is -1.84. The summed E-state index contributed by atoms with van der Waals surface area (Å²) in [6.45, 7) is 1.72. The van der Waals surface area contributed by atoms with Gasteiger partial charge in [0.2, 0.25) is 5.91 Å². The Morgan fingerprint density at radius 1 is 1.30 bits per heavy atom. The Bertz CT molecular complexity index is 466. The van der Waals surface area contributed by atoms with E-state index in [9.17, 15) is 9.59 Å². The van der Waals surface area contributed by atoms with Crippen molar-refractivity contribution in [3.63, 3.8) is 0 Å². The lowest BCUT2D eigenvalue weighted by Crippen LogP contribution is -2.37. The number of carbonyl (C=O) groups excluding carboxylic acids is 1. The molecule has 0 radical (unpaired) electrons. The summed E-state index contributed by atoms with van der Waals surface area (Å²) < 4.78 is 0. The van der Waals surface area contributed by atoms with Gasteiger partial charge < -0.3 is 10.4 Å². The minimum atomic E-state index is -0.884. The van der Waals surface area contributed by atoms with Crippen molar-refractivity contribution in [2.75, 3.05) is 0 Å². The minimum Gasteiger partial charge on any atom is -0.481 e. The van der Waals surface area contributed by atoms with E-state index in [1.165, 1.54) is 5.56 Å². The largest absolute Gasteiger partial charge is 0.481 e. The van der Waals surface area contributed by atoms with E-state index in [1.54, 1.807) is 6.92 Å². The fraction of sp³-hybridized carbons (Fsp3) is 0.500. The lowest BCUT2D eigenvalue weighted by Gasteiger charge is -2.35. The van der Waals surface area contributed by atoms with E-state index in [0.717, 1.165) is 12.8 Å². The van der Waals surface area contributed by atoms with E-state index >= 15 is 0 Å². The second kappa shape index (κ2) is 6.55. The zero-order chi connectivity index (χ0) is 14.5. The van der Waals surface area contributed by atoms with Gasteiger partial charge in [-0.15, -0.1) is 0 Å². The standard InChI is InChI=1S/C16H21NO3/c1-11(7-16(19)20)17-15(18)10-12-8-14(9-12)13-5-3-2-4-6-13/h2-6,11-12,14H,7-10H2,1H3,(H,17,18)(H,19,20).